The highest BCUT2D eigenvalue weighted by Crippen LogP contribution is 1.96. The van der Waals surface area contributed by atoms with Crippen molar-refractivity contribution >= 4 is 0 Å². The average molecular weight is 194 g/mol. The summed E-state index contributed by atoms with van der Waals surface area (Å²) in [5, 5.41) is 0. The minimum Gasteiger partial charge on any atom is -0.364 e. The quantitative estimate of drug-likeness (QED) is 0.627. The molecule has 5 nitrogen and oxygen atoms in total. The van der Waals surface area contributed by atoms with Crippen LogP contribution in [0.25, 0.3) is 0 Å². The van der Waals surface area contributed by atoms with Gasteiger partial charge in [-0.1, -0.05) is 0 Å². The van der Waals surface area contributed by atoms with Crippen molar-refractivity contribution in [2.45, 2.75) is 32.9 Å². The van der Waals surface area contributed by atoms with Gasteiger partial charge in [-0.2, -0.15) is 0 Å². The lowest BCUT2D eigenvalue weighted by Crippen LogP contribution is -2.39. The van der Waals surface area contributed by atoms with Crippen molar-refractivity contribution in [2.24, 2.45) is 11.5 Å². The van der Waals surface area contributed by atoms with Gasteiger partial charge in [-0.05, 0) is 13.8 Å². The summed E-state index contributed by atoms with van der Waals surface area (Å²) in [4.78, 5) is 0. The molecule has 0 aliphatic carbocycles. The third kappa shape index (κ3) is 14.6. The maximum atomic E-state index is 5.27. The molecule has 1 atom stereocenters. The van der Waals surface area contributed by atoms with Crippen molar-refractivity contribution in [3.63, 3.8) is 0 Å². The summed E-state index contributed by atoms with van der Waals surface area (Å²) in [6.07, 6.45) is -0.102. The van der Waals surface area contributed by atoms with E-state index in [1.807, 2.05) is 13.8 Å². The Morgan fingerprint density at radius 3 is 1.69 bits per heavy atom. The van der Waals surface area contributed by atoms with Crippen molar-refractivity contribution in [3.05, 3.63) is 0 Å². The molecule has 0 amide bonds. The number of ether oxygens (including phenoxy) is 3. The fraction of sp³-hybridized carbons (Fsp3) is 1.00. The van der Waals surface area contributed by atoms with Crippen LogP contribution in [0.3, 0.4) is 0 Å². The van der Waals surface area contributed by atoms with Gasteiger partial charge in [-0.3, -0.25) is 5.73 Å². The van der Waals surface area contributed by atoms with Crippen LogP contribution in [-0.2, 0) is 14.2 Å². The monoisotopic (exact) mass is 194 g/mol. The van der Waals surface area contributed by atoms with Gasteiger partial charge in [-0.15, -0.1) is 0 Å². The molecular formula is C8H22N2O3. The Balaban J connectivity index is 0. The predicted molar refractivity (Wildman–Crippen MR) is 51.9 cm³/mol. The topological polar surface area (TPSA) is 79.7 Å². The van der Waals surface area contributed by atoms with Gasteiger partial charge in [0.1, 0.15) is 6.23 Å². The molecule has 5 heteroatoms. The van der Waals surface area contributed by atoms with Gasteiger partial charge in [0.15, 0.2) is 0 Å². The SMILES string of the molecule is CCOC(C)N.COC(C)(N)OC. The van der Waals surface area contributed by atoms with Gasteiger partial charge in [0.05, 0.1) is 0 Å². The van der Waals surface area contributed by atoms with E-state index in [1.165, 1.54) is 14.2 Å². The third-order valence-electron chi connectivity index (χ3n) is 1.24. The smallest absolute Gasteiger partial charge is 0.221 e. The molecule has 0 radical (unpaired) electrons. The van der Waals surface area contributed by atoms with E-state index in [2.05, 4.69) is 9.47 Å². The summed E-state index contributed by atoms with van der Waals surface area (Å²) in [5.41, 5.74) is 10.5. The first-order chi connectivity index (χ1) is 5.89. The van der Waals surface area contributed by atoms with E-state index in [-0.39, 0.29) is 6.23 Å². The highest BCUT2D eigenvalue weighted by atomic mass is 16.7. The van der Waals surface area contributed by atoms with E-state index < -0.39 is 5.91 Å². The molecule has 0 spiro atoms. The van der Waals surface area contributed by atoms with Crippen molar-refractivity contribution < 1.29 is 14.2 Å². The molecule has 0 aromatic carbocycles. The number of hydrogen-bond donors (Lipinski definition) is 2. The second-order valence-electron chi connectivity index (χ2n) is 2.58. The lowest BCUT2D eigenvalue weighted by molar-refractivity contribution is -0.188. The van der Waals surface area contributed by atoms with Crippen molar-refractivity contribution in [3.8, 4) is 0 Å². The largest absolute Gasteiger partial charge is 0.364 e. The Bertz CT molecular complexity index is 102. The molecule has 0 bridgehead atoms. The van der Waals surface area contributed by atoms with E-state index in [0.717, 1.165) is 0 Å². The fourth-order valence-corrected chi connectivity index (χ4v) is 0.346. The lowest BCUT2D eigenvalue weighted by Gasteiger charge is -2.19. The van der Waals surface area contributed by atoms with Crippen molar-refractivity contribution in [1.29, 1.82) is 0 Å². The van der Waals surface area contributed by atoms with Crippen molar-refractivity contribution in [1.82, 2.24) is 0 Å². The zero-order chi connectivity index (χ0) is 10.9. The standard InChI is InChI=1S/C4H11NO2.C4H11NO/c1-4(5,6-2)7-3;1-3-6-4(2)5/h5H2,1-3H3;4H,3,5H2,1-2H3. The van der Waals surface area contributed by atoms with Gasteiger partial charge >= 0.3 is 0 Å². The minimum absolute atomic E-state index is 0.102. The first kappa shape index (κ1) is 15.3. The first-order valence-electron chi connectivity index (χ1n) is 4.16. The summed E-state index contributed by atoms with van der Waals surface area (Å²) in [7, 11) is 2.98. The van der Waals surface area contributed by atoms with E-state index >= 15 is 0 Å². The lowest BCUT2D eigenvalue weighted by atomic mass is 10.6. The summed E-state index contributed by atoms with van der Waals surface area (Å²) in [5.74, 6) is -0.917. The molecule has 4 N–H and O–H groups in total. The van der Waals surface area contributed by atoms with Crippen LogP contribution in [0.2, 0.25) is 0 Å². The second kappa shape index (κ2) is 8.40. The van der Waals surface area contributed by atoms with Crippen LogP contribution in [0.5, 0.6) is 0 Å². The molecule has 0 aliphatic rings. The zero-order valence-electron chi connectivity index (χ0n) is 9.16. The third-order valence-corrected chi connectivity index (χ3v) is 1.24. The number of nitrogens with two attached hydrogens (primary N) is 2. The minimum atomic E-state index is -0.917. The molecule has 0 rings (SSSR count). The van der Waals surface area contributed by atoms with Gasteiger partial charge in [0.2, 0.25) is 5.91 Å². The van der Waals surface area contributed by atoms with Crippen LogP contribution >= 0.6 is 0 Å². The van der Waals surface area contributed by atoms with Gasteiger partial charge in [0.25, 0.3) is 0 Å². The molecule has 82 valence electrons. The molecular weight excluding hydrogens is 172 g/mol. The molecule has 0 saturated carbocycles. The Kier molecular flexibility index (Phi) is 9.87. The van der Waals surface area contributed by atoms with Gasteiger partial charge in [0, 0.05) is 27.8 Å². The second-order valence-corrected chi connectivity index (χ2v) is 2.58. The highest BCUT2D eigenvalue weighted by molar-refractivity contribution is 4.44. The fourth-order valence-electron chi connectivity index (χ4n) is 0.346. The van der Waals surface area contributed by atoms with Gasteiger partial charge in [-0.25, -0.2) is 0 Å². The first-order valence-corrected chi connectivity index (χ1v) is 4.16. The highest BCUT2D eigenvalue weighted by Gasteiger charge is 2.12. The van der Waals surface area contributed by atoms with E-state index in [1.54, 1.807) is 6.92 Å². The van der Waals surface area contributed by atoms with Crippen LogP contribution in [0.4, 0.5) is 0 Å². The Labute approximate surface area is 80.3 Å². The van der Waals surface area contributed by atoms with Crippen LogP contribution in [-0.4, -0.2) is 33.0 Å². The Morgan fingerprint density at radius 2 is 1.69 bits per heavy atom. The summed E-state index contributed by atoms with van der Waals surface area (Å²) < 4.78 is 14.1. The van der Waals surface area contributed by atoms with Crippen LogP contribution in [0, 0.1) is 0 Å². The van der Waals surface area contributed by atoms with E-state index in [4.69, 9.17) is 16.2 Å². The zero-order valence-corrected chi connectivity index (χ0v) is 9.16. The molecule has 13 heavy (non-hydrogen) atoms. The Hall–Kier alpha value is -0.200. The molecule has 0 aromatic heterocycles. The number of methoxy groups -OCH3 is 2. The van der Waals surface area contributed by atoms with Crippen LogP contribution in [0.1, 0.15) is 20.8 Å². The van der Waals surface area contributed by atoms with Crippen LogP contribution in [0.15, 0.2) is 0 Å². The predicted octanol–water partition coefficient (Wildman–Crippen LogP) is 0.239. The molecule has 0 saturated heterocycles. The molecule has 0 aliphatic heterocycles. The maximum Gasteiger partial charge on any atom is 0.221 e. The van der Waals surface area contributed by atoms with Crippen LogP contribution < -0.4 is 11.5 Å². The molecule has 0 fully saturated rings. The van der Waals surface area contributed by atoms with E-state index in [9.17, 15) is 0 Å². The summed E-state index contributed by atoms with van der Waals surface area (Å²) in [6, 6.07) is 0. The van der Waals surface area contributed by atoms with E-state index in [0.29, 0.717) is 6.61 Å². The number of hydrogen-bond acceptors (Lipinski definition) is 5. The molecule has 0 heterocycles. The molecule has 0 aromatic rings. The normalized spacial score (nSPS) is 13.2. The average Bonchev–Trinajstić information content (AvgIpc) is 2.05. The number of rotatable bonds is 4. The summed E-state index contributed by atoms with van der Waals surface area (Å²) >= 11 is 0. The van der Waals surface area contributed by atoms with Crippen molar-refractivity contribution in [2.75, 3.05) is 20.8 Å². The summed E-state index contributed by atoms with van der Waals surface area (Å²) in [6.45, 7) is 6.07. The Morgan fingerprint density at radius 1 is 1.31 bits per heavy atom. The van der Waals surface area contributed by atoms with Gasteiger partial charge < -0.3 is 19.9 Å². The molecule has 1 unspecified atom stereocenters. The maximum absolute atomic E-state index is 5.27.